The molecule has 4 rings (SSSR count). The predicted octanol–water partition coefficient (Wildman–Crippen LogP) is 5.35. The Balaban J connectivity index is 1.34. The molecule has 0 saturated carbocycles. The number of benzene rings is 3. The Bertz CT molecular complexity index is 1480. The van der Waals surface area contributed by atoms with Gasteiger partial charge in [0.25, 0.3) is 0 Å². The molecule has 1 unspecified atom stereocenters. The second kappa shape index (κ2) is 15.6. The highest BCUT2D eigenvalue weighted by atomic mass is 79.9. The van der Waals surface area contributed by atoms with E-state index in [4.69, 9.17) is 9.47 Å². The lowest BCUT2D eigenvalue weighted by atomic mass is 10.0. The molecule has 0 spiro atoms. The molecule has 6 N–H and O–H groups in total. The highest BCUT2D eigenvalue weighted by Gasteiger charge is 2.39. The Morgan fingerprint density at radius 1 is 1.11 bits per heavy atom. The summed E-state index contributed by atoms with van der Waals surface area (Å²) in [4.78, 5) is 38.0. The van der Waals surface area contributed by atoms with E-state index >= 15 is 0 Å². The summed E-state index contributed by atoms with van der Waals surface area (Å²) in [5.74, 6) is -1.31. The normalized spacial score (nSPS) is 16.9. The molecule has 0 radical (unpaired) electrons. The van der Waals surface area contributed by atoms with Crippen molar-refractivity contribution in [2.24, 2.45) is 0 Å². The summed E-state index contributed by atoms with van der Waals surface area (Å²) >= 11 is 4.86. The molecule has 11 nitrogen and oxygen atoms in total. The first kappa shape index (κ1) is 33.6. The quantitative estimate of drug-likeness (QED) is 0.0730. The number of nitrogens with one attached hydrogen (secondary N) is 3. The Kier molecular flexibility index (Phi) is 11.9. The van der Waals surface area contributed by atoms with E-state index in [0.29, 0.717) is 35.8 Å². The first-order valence-electron chi connectivity index (χ1n) is 13.7. The van der Waals surface area contributed by atoms with Gasteiger partial charge in [0.05, 0.1) is 20.1 Å². The number of unbranched alkanes of at least 4 members (excludes halogenated alkanes) is 1. The van der Waals surface area contributed by atoms with Crippen LogP contribution in [0.5, 0.6) is 11.5 Å². The van der Waals surface area contributed by atoms with E-state index < -0.39 is 33.9 Å². The van der Waals surface area contributed by atoms with Gasteiger partial charge in [-0.3, -0.25) is 23.4 Å². The fourth-order valence-corrected chi connectivity index (χ4v) is 7.67. The van der Waals surface area contributed by atoms with Gasteiger partial charge in [0.1, 0.15) is 28.4 Å². The lowest BCUT2D eigenvalue weighted by Gasteiger charge is -2.33. The molecule has 3 aromatic carbocycles. The van der Waals surface area contributed by atoms with Crippen LogP contribution in [0, 0.1) is 0 Å². The number of ether oxygens (including phenoxy) is 2. The molecule has 236 valence electrons. The van der Waals surface area contributed by atoms with E-state index in [2.05, 4.69) is 30.7 Å². The first-order chi connectivity index (χ1) is 21.1. The summed E-state index contributed by atoms with van der Waals surface area (Å²) in [6.07, 6.45) is 1.52. The second-order valence-corrected chi connectivity index (χ2v) is 13.7. The van der Waals surface area contributed by atoms with Crippen molar-refractivity contribution < 1.29 is 38.1 Å². The van der Waals surface area contributed by atoms with Gasteiger partial charge in [0.15, 0.2) is 0 Å². The van der Waals surface area contributed by atoms with Crippen molar-refractivity contribution in [3.63, 3.8) is 0 Å². The number of carbonyl (C=O) groups excluding carboxylic acids is 3. The van der Waals surface area contributed by atoms with Crippen LogP contribution < -0.4 is 19.5 Å². The SMILES string of the molecule is COC(=O)c1c(O)cccc1OCCCCNC(=O)[C@H](Cc1ccc(C2CC(=O)NS2(O)O)c(Br)c1)NSc1ccccc1. The Morgan fingerprint density at radius 2 is 1.89 bits per heavy atom. The van der Waals surface area contributed by atoms with Crippen LogP contribution in [-0.4, -0.2) is 58.3 Å². The van der Waals surface area contributed by atoms with Gasteiger partial charge in [0, 0.05) is 15.9 Å². The molecule has 0 aliphatic carbocycles. The number of rotatable bonds is 14. The molecular weight excluding hydrogens is 674 g/mol. The van der Waals surface area contributed by atoms with Crippen molar-refractivity contribution in [2.45, 2.75) is 41.9 Å². The summed E-state index contributed by atoms with van der Waals surface area (Å²) in [6.45, 7) is 0.658. The predicted molar refractivity (Wildman–Crippen MR) is 173 cm³/mol. The molecule has 1 saturated heterocycles. The maximum Gasteiger partial charge on any atom is 0.345 e. The minimum Gasteiger partial charge on any atom is -0.507 e. The zero-order valence-electron chi connectivity index (χ0n) is 23.8. The summed E-state index contributed by atoms with van der Waals surface area (Å²) < 4.78 is 37.1. The van der Waals surface area contributed by atoms with E-state index in [9.17, 15) is 28.6 Å². The molecular formula is C30H34BrN3O8S2. The van der Waals surface area contributed by atoms with Crippen molar-refractivity contribution in [1.29, 1.82) is 0 Å². The largest absolute Gasteiger partial charge is 0.507 e. The molecule has 0 bridgehead atoms. The number of phenols is 1. The number of amides is 2. The summed E-state index contributed by atoms with van der Waals surface area (Å²) in [7, 11) is -2.07. The monoisotopic (exact) mass is 707 g/mol. The molecule has 2 amide bonds. The molecule has 2 atom stereocenters. The van der Waals surface area contributed by atoms with E-state index in [1.807, 2.05) is 42.5 Å². The summed E-state index contributed by atoms with van der Waals surface area (Å²) in [5, 5.41) is 12.2. The molecule has 1 heterocycles. The number of esters is 1. The van der Waals surface area contributed by atoms with Gasteiger partial charge in [-0.05, 0) is 72.7 Å². The average Bonchev–Trinajstić information content (AvgIpc) is 3.28. The zero-order chi connectivity index (χ0) is 31.7. The van der Waals surface area contributed by atoms with Gasteiger partial charge >= 0.3 is 5.97 Å². The van der Waals surface area contributed by atoms with Crippen LogP contribution >= 0.6 is 38.7 Å². The van der Waals surface area contributed by atoms with Gasteiger partial charge in [0.2, 0.25) is 11.8 Å². The summed E-state index contributed by atoms with van der Waals surface area (Å²) in [5.41, 5.74) is 1.40. The topological polar surface area (TPSA) is 166 Å². The number of carbonyl (C=O) groups is 3. The smallest absolute Gasteiger partial charge is 0.345 e. The van der Waals surface area contributed by atoms with Crippen LogP contribution in [0.25, 0.3) is 0 Å². The highest BCUT2D eigenvalue weighted by Crippen LogP contribution is 2.57. The Labute approximate surface area is 269 Å². The number of aromatic hydroxyl groups is 1. The molecule has 1 fully saturated rings. The zero-order valence-corrected chi connectivity index (χ0v) is 27.0. The first-order valence-corrected chi connectivity index (χ1v) is 16.9. The molecule has 14 heteroatoms. The van der Waals surface area contributed by atoms with Crippen LogP contribution in [0.1, 0.15) is 46.0 Å². The van der Waals surface area contributed by atoms with Gasteiger partial charge < -0.3 is 19.9 Å². The van der Waals surface area contributed by atoms with Gasteiger partial charge in [-0.15, -0.1) is 10.8 Å². The molecule has 1 aliphatic rings. The summed E-state index contributed by atoms with van der Waals surface area (Å²) in [6, 6.07) is 18.9. The molecule has 44 heavy (non-hydrogen) atoms. The van der Waals surface area contributed by atoms with E-state index in [1.54, 1.807) is 18.2 Å². The number of methoxy groups -OCH3 is 1. The average molecular weight is 709 g/mol. The maximum absolute atomic E-state index is 13.3. The highest BCUT2D eigenvalue weighted by molar-refractivity contribution is 9.10. The van der Waals surface area contributed by atoms with Crippen LogP contribution in [0.2, 0.25) is 0 Å². The van der Waals surface area contributed by atoms with Gasteiger partial charge in [-0.1, -0.05) is 52.3 Å². The lowest BCUT2D eigenvalue weighted by Crippen LogP contribution is -2.43. The Hall–Kier alpha value is -3.27. The number of phenolic OH excluding ortho intramolecular Hbond substituents is 1. The van der Waals surface area contributed by atoms with Crippen LogP contribution in [0.15, 0.2) is 76.1 Å². The van der Waals surface area contributed by atoms with Gasteiger partial charge in [-0.2, -0.15) is 0 Å². The fourth-order valence-electron chi connectivity index (χ4n) is 4.55. The van der Waals surface area contributed by atoms with E-state index in [0.717, 1.165) is 10.5 Å². The van der Waals surface area contributed by atoms with Crippen LogP contribution in [0.4, 0.5) is 0 Å². The van der Waals surface area contributed by atoms with E-state index in [1.165, 1.54) is 25.1 Å². The Morgan fingerprint density at radius 3 is 2.57 bits per heavy atom. The van der Waals surface area contributed by atoms with Crippen molar-refractivity contribution in [3.05, 3.63) is 87.9 Å². The van der Waals surface area contributed by atoms with Gasteiger partial charge in [-0.25, -0.2) is 9.52 Å². The third-order valence-corrected chi connectivity index (χ3v) is 10.1. The third kappa shape index (κ3) is 8.89. The minimum absolute atomic E-state index is 0.0219. The molecule has 3 aromatic rings. The molecule has 0 aromatic heterocycles. The van der Waals surface area contributed by atoms with Crippen molar-refractivity contribution in [3.8, 4) is 11.5 Å². The number of halogens is 1. The van der Waals surface area contributed by atoms with Crippen molar-refractivity contribution >= 4 is 56.4 Å². The number of hydrogen-bond acceptors (Lipinski definition) is 10. The molecule has 1 aliphatic heterocycles. The third-order valence-electron chi connectivity index (χ3n) is 6.78. The van der Waals surface area contributed by atoms with Crippen molar-refractivity contribution in [1.82, 2.24) is 14.8 Å². The lowest BCUT2D eigenvalue weighted by molar-refractivity contribution is -0.122. The van der Waals surface area contributed by atoms with Crippen LogP contribution in [-0.2, 0) is 20.7 Å². The fraction of sp³-hybridized carbons (Fsp3) is 0.300. The standard InChI is InChI=1S/C30H34BrN3O8S2/c1-41-30(38)28-24(35)10-7-11-25(28)42-15-6-5-14-32-29(37)23(33-43-20-8-3-2-4-9-20)17-19-12-13-21(22(31)16-19)26-18-27(36)34-44(26,39)40/h2-4,7-13,16,23,26,33,35,39-40H,5-6,14-15,17-18H2,1H3,(H,32,37)(H,34,36)/t23-,26?/m0/s1. The van der Waals surface area contributed by atoms with Crippen molar-refractivity contribution in [2.75, 3.05) is 20.3 Å². The maximum atomic E-state index is 13.3. The van der Waals surface area contributed by atoms with Crippen LogP contribution in [0.3, 0.4) is 0 Å². The second-order valence-electron chi connectivity index (χ2n) is 9.94. The number of hydrogen-bond donors (Lipinski definition) is 6. The van der Waals surface area contributed by atoms with E-state index in [-0.39, 0.29) is 36.0 Å². The minimum atomic E-state index is -3.29.